The number of nitrogens with two attached hydrogens (primary N) is 1. The minimum Gasteiger partial charge on any atom is -0.381 e. The molecule has 0 amide bonds. The van der Waals surface area contributed by atoms with Gasteiger partial charge in [0.25, 0.3) is 0 Å². The third kappa shape index (κ3) is 4.19. The molecule has 3 N–H and O–H groups in total. The summed E-state index contributed by atoms with van der Waals surface area (Å²) < 4.78 is 21.9. The zero-order valence-electron chi connectivity index (χ0n) is 10.3. The zero-order chi connectivity index (χ0) is 13.2. The van der Waals surface area contributed by atoms with E-state index in [0.29, 0.717) is 11.3 Å². The molecule has 18 heavy (non-hydrogen) atoms. The van der Waals surface area contributed by atoms with Crippen LogP contribution in [0.2, 0.25) is 0 Å². The van der Waals surface area contributed by atoms with Crippen molar-refractivity contribution in [1.29, 1.82) is 0 Å². The van der Waals surface area contributed by atoms with Gasteiger partial charge in [-0.15, -0.1) is 0 Å². The molecule has 0 radical (unpaired) electrons. The molecule has 6 heteroatoms. The Hall–Kier alpha value is -0.720. The summed E-state index contributed by atoms with van der Waals surface area (Å²) in [7, 11) is -3.44. The van der Waals surface area contributed by atoms with Gasteiger partial charge in [-0.05, 0) is 24.1 Å². The number of thioether (sulfide) groups is 1. The lowest BCUT2D eigenvalue weighted by Gasteiger charge is -2.13. The number of nitrogens with one attached hydrogen (secondary N) is 1. The molecule has 0 spiro atoms. The van der Waals surface area contributed by atoms with Gasteiger partial charge >= 0.3 is 0 Å². The molecule has 2 rings (SSSR count). The maximum Gasteiger partial charge on any atom is 0.213 e. The minimum absolute atomic E-state index is 0.108. The SMILES string of the molecule is CC1CC(Nc2ccc(CS(N)(=O)=O)cc2)CS1. The highest BCUT2D eigenvalue weighted by molar-refractivity contribution is 8.00. The third-order valence-electron chi connectivity index (χ3n) is 2.89. The normalized spacial score (nSPS) is 24.1. The lowest BCUT2D eigenvalue weighted by molar-refractivity contribution is 0.597. The van der Waals surface area contributed by atoms with E-state index in [1.54, 1.807) is 12.1 Å². The lowest BCUT2D eigenvalue weighted by Crippen LogP contribution is -2.19. The highest BCUT2D eigenvalue weighted by atomic mass is 32.2. The van der Waals surface area contributed by atoms with Crippen molar-refractivity contribution in [1.82, 2.24) is 0 Å². The van der Waals surface area contributed by atoms with Crippen LogP contribution < -0.4 is 10.5 Å². The number of benzene rings is 1. The second kappa shape index (κ2) is 5.50. The van der Waals surface area contributed by atoms with Crippen molar-refractivity contribution >= 4 is 27.5 Å². The molecule has 1 fully saturated rings. The minimum atomic E-state index is -3.44. The Bertz CT molecular complexity index is 499. The van der Waals surface area contributed by atoms with Crippen molar-refractivity contribution < 1.29 is 8.42 Å². The molecule has 0 saturated carbocycles. The first-order chi connectivity index (χ1) is 8.42. The molecular weight excluding hydrogens is 268 g/mol. The summed E-state index contributed by atoms with van der Waals surface area (Å²) in [6, 6.07) is 7.94. The number of primary sulfonamides is 1. The fourth-order valence-corrected chi connectivity index (χ4v) is 3.89. The molecule has 0 aromatic heterocycles. The van der Waals surface area contributed by atoms with Crippen molar-refractivity contribution in [3.63, 3.8) is 0 Å². The van der Waals surface area contributed by atoms with Crippen molar-refractivity contribution in [3.05, 3.63) is 29.8 Å². The first kappa shape index (κ1) is 13.7. The largest absolute Gasteiger partial charge is 0.381 e. The van der Waals surface area contributed by atoms with Crippen molar-refractivity contribution in [2.45, 2.75) is 30.4 Å². The topological polar surface area (TPSA) is 72.2 Å². The van der Waals surface area contributed by atoms with Gasteiger partial charge in [-0.3, -0.25) is 0 Å². The Balaban J connectivity index is 1.95. The van der Waals surface area contributed by atoms with Gasteiger partial charge in [0.05, 0.1) is 5.75 Å². The van der Waals surface area contributed by atoms with E-state index >= 15 is 0 Å². The van der Waals surface area contributed by atoms with Crippen molar-refractivity contribution in [2.75, 3.05) is 11.1 Å². The van der Waals surface area contributed by atoms with Gasteiger partial charge in [0.1, 0.15) is 0 Å². The summed E-state index contributed by atoms with van der Waals surface area (Å²) in [5.74, 6) is 1.02. The number of sulfonamides is 1. The Morgan fingerprint density at radius 3 is 2.56 bits per heavy atom. The summed E-state index contributed by atoms with van der Waals surface area (Å²) in [6.07, 6.45) is 1.17. The van der Waals surface area contributed by atoms with E-state index in [1.807, 2.05) is 23.9 Å². The van der Waals surface area contributed by atoms with E-state index in [1.165, 1.54) is 6.42 Å². The summed E-state index contributed by atoms with van der Waals surface area (Å²) in [4.78, 5) is 0. The fraction of sp³-hybridized carbons (Fsp3) is 0.500. The van der Waals surface area contributed by atoms with Crippen LogP contribution in [0.25, 0.3) is 0 Å². The van der Waals surface area contributed by atoms with Gasteiger partial charge in [0.15, 0.2) is 0 Å². The van der Waals surface area contributed by atoms with Gasteiger partial charge in [0.2, 0.25) is 10.0 Å². The highest BCUT2D eigenvalue weighted by Crippen LogP contribution is 2.28. The fourth-order valence-electron chi connectivity index (χ4n) is 2.08. The quantitative estimate of drug-likeness (QED) is 0.885. The Kier molecular flexibility index (Phi) is 4.19. The molecule has 0 aliphatic carbocycles. The average molecular weight is 286 g/mol. The van der Waals surface area contributed by atoms with Crippen LogP contribution >= 0.6 is 11.8 Å². The highest BCUT2D eigenvalue weighted by Gasteiger charge is 2.21. The van der Waals surface area contributed by atoms with Gasteiger partial charge in [-0.2, -0.15) is 11.8 Å². The van der Waals surface area contributed by atoms with E-state index in [0.717, 1.165) is 17.0 Å². The summed E-state index contributed by atoms with van der Waals surface area (Å²) in [6.45, 7) is 2.24. The summed E-state index contributed by atoms with van der Waals surface area (Å²) >= 11 is 1.98. The van der Waals surface area contributed by atoms with Gasteiger partial charge in [0, 0.05) is 22.7 Å². The molecule has 1 aliphatic heterocycles. The van der Waals surface area contributed by atoms with Gasteiger partial charge in [-0.25, -0.2) is 13.6 Å². The van der Waals surface area contributed by atoms with E-state index in [2.05, 4.69) is 12.2 Å². The number of rotatable bonds is 4. The molecule has 1 aromatic carbocycles. The van der Waals surface area contributed by atoms with Crippen LogP contribution in [0.15, 0.2) is 24.3 Å². The Morgan fingerprint density at radius 1 is 1.39 bits per heavy atom. The van der Waals surface area contributed by atoms with Crippen LogP contribution in [0.5, 0.6) is 0 Å². The lowest BCUT2D eigenvalue weighted by atomic mass is 10.1. The van der Waals surface area contributed by atoms with E-state index in [-0.39, 0.29) is 5.75 Å². The maximum atomic E-state index is 11.0. The Morgan fingerprint density at radius 2 is 2.06 bits per heavy atom. The van der Waals surface area contributed by atoms with Gasteiger partial charge in [-0.1, -0.05) is 19.1 Å². The summed E-state index contributed by atoms with van der Waals surface area (Å²) in [5.41, 5.74) is 1.75. The van der Waals surface area contributed by atoms with Crippen LogP contribution in [0, 0.1) is 0 Å². The van der Waals surface area contributed by atoms with Crippen LogP contribution in [0.4, 0.5) is 5.69 Å². The predicted molar refractivity (Wildman–Crippen MR) is 77.2 cm³/mol. The second-order valence-electron chi connectivity index (χ2n) is 4.73. The van der Waals surface area contributed by atoms with Crippen molar-refractivity contribution in [3.8, 4) is 0 Å². The molecule has 2 unspecified atom stereocenters. The molecular formula is C12H18N2O2S2. The molecule has 1 aliphatic rings. The first-order valence-corrected chi connectivity index (χ1v) is 8.66. The zero-order valence-corrected chi connectivity index (χ0v) is 11.9. The smallest absolute Gasteiger partial charge is 0.213 e. The first-order valence-electron chi connectivity index (χ1n) is 5.90. The van der Waals surface area contributed by atoms with Crippen LogP contribution in [-0.2, 0) is 15.8 Å². The Labute approximate surface area is 112 Å². The molecule has 4 nitrogen and oxygen atoms in total. The molecule has 2 atom stereocenters. The number of anilines is 1. The molecule has 100 valence electrons. The van der Waals surface area contributed by atoms with E-state index < -0.39 is 10.0 Å². The van der Waals surface area contributed by atoms with E-state index in [4.69, 9.17) is 5.14 Å². The van der Waals surface area contributed by atoms with Crippen LogP contribution in [0.3, 0.4) is 0 Å². The van der Waals surface area contributed by atoms with Crippen LogP contribution in [0.1, 0.15) is 18.9 Å². The average Bonchev–Trinajstić information content (AvgIpc) is 2.65. The van der Waals surface area contributed by atoms with E-state index in [9.17, 15) is 8.42 Å². The maximum absolute atomic E-state index is 11.0. The number of hydrogen-bond acceptors (Lipinski definition) is 4. The second-order valence-corrected chi connectivity index (χ2v) is 7.81. The van der Waals surface area contributed by atoms with Gasteiger partial charge < -0.3 is 5.32 Å². The molecule has 1 heterocycles. The summed E-state index contributed by atoms with van der Waals surface area (Å²) in [5, 5.41) is 9.18. The van der Waals surface area contributed by atoms with Crippen molar-refractivity contribution in [2.24, 2.45) is 5.14 Å². The van der Waals surface area contributed by atoms with Crippen LogP contribution in [-0.4, -0.2) is 25.5 Å². The molecule has 0 bridgehead atoms. The molecule has 1 aromatic rings. The predicted octanol–water partition coefficient (Wildman–Crippen LogP) is 1.78. The third-order valence-corrected chi connectivity index (χ3v) is 4.98. The number of hydrogen-bond donors (Lipinski definition) is 2. The monoisotopic (exact) mass is 286 g/mol. The standard InChI is InChI=1S/C12H18N2O2S2/c1-9-6-12(7-17-9)14-11-4-2-10(3-5-11)8-18(13,15)16/h2-5,9,12,14H,6-8H2,1H3,(H2,13,15,16). The molecule has 1 saturated heterocycles.